The molecule has 0 spiro atoms. The number of hydrogen-bond donors (Lipinski definition) is 0. The zero-order chi connectivity index (χ0) is 19.0. The van der Waals surface area contributed by atoms with Gasteiger partial charge in [-0.3, -0.25) is 13.9 Å². The molecule has 0 bridgehead atoms. The predicted molar refractivity (Wildman–Crippen MR) is 103 cm³/mol. The molecule has 0 aliphatic carbocycles. The monoisotopic (exact) mass is 363 g/mol. The fraction of sp³-hybridized carbons (Fsp3) is 0.190. The Morgan fingerprint density at radius 3 is 2.63 bits per heavy atom. The van der Waals surface area contributed by atoms with Crippen molar-refractivity contribution in [3.8, 4) is 17.1 Å². The predicted octanol–water partition coefficient (Wildman–Crippen LogP) is 3.59. The van der Waals surface area contributed by atoms with Gasteiger partial charge < -0.3 is 0 Å². The van der Waals surface area contributed by atoms with Crippen molar-refractivity contribution in [1.29, 1.82) is 0 Å². The van der Waals surface area contributed by atoms with Crippen LogP contribution in [0.1, 0.15) is 19.8 Å². The summed E-state index contributed by atoms with van der Waals surface area (Å²) < 4.78 is 16.7. The Balaban J connectivity index is 2.14. The van der Waals surface area contributed by atoms with Crippen molar-refractivity contribution in [2.75, 3.05) is 0 Å². The molecule has 4 rings (SSSR count). The van der Waals surface area contributed by atoms with Crippen molar-refractivity contribution < 1.29 is 4.39 Å². The van der Waals surface area contributed by atoms with Gasteiger partial charge in [0.25, 0.3) is 5.56 Å². The third kappa shape index (κ3) is 2.93. The molecule has 0 atom stereocenters. The molecule has 2 heterocycles. The Hall–Kier alpha value is -3.28. The molecule has 136 valence electrons. The van der Waals surface area contributed by atoms with E-state index >= 15 is 0 Å². The van der Waals surface area contributed by atoms with E-state index in [4.69, 9.17) is 0 Å². The second-order valence-electron chi connectivity index (χ2n) is 6.46. The quantitative estimate of drug-likeness (QED) is 0.521. The molecule has 0 fully saturated rings. The van der Waals surface area contributed by atoms with Crippen molar-refractivity contribution in [3.63, 3.8) is 0 Å². The van der Waals surface area contributed by atoms with Crippen LogP contribution in [0.3, 0.4) is 0 Å². The van der Waals surface area contributed by atoms with Crippen molar-refractivity contribution in [2.45, 2.75) is 26.3 Å². The van der Waals surface area contributed by atoms with Crippen LogP contribution < -0.4 is 11.2 Å². The van der Waals surface area contributed by atoms with Gasteiger partial charge in [0, 0.05) is 6.54 Å². The van der Waals surface area contributed by atoms with E-state index in [1.807, 2.05) is 31.2 Å². The number of benzene rings is 2. The van der Waals surface area contributed by atoms with Gasteiger partial charge in [-0.05, 0) is 42.1 Å². The van der Waals surface area contributed by atoms with Crippen molar-refractivity contribution in [1.82, 2.24) is 14.1 Å². The molecule has 0 saturated heterocycles. The van der Waals surface area contributed by atoms with Crippen LogP contribution in [0.5, 0.6) is 0 Å². The Morgan fingerprint density at radius 2 is 1.85 bits per heavy atom. The summed E-state index contributed by atoms with van der Waals surface area (Å²) in [6.45, 7) is 2.33. The van der Waals surface area contributed by atoms with E-state index in [0.29, 0.717) is 17.8 Å². The summed E-state index contributed by atoms with van der Waals surface area (Å²) in [5, 5.41) is 0.814. The second-order valence-corrected chi connectivity index (χ2v) is 6.46. The number of unbranched alkanes of at least 4 members (excludes halogenated alkanes) is 1. The number of nitrogens with zero attached hydrogens (tertiary/aromatic N) is 3. The number of fused-ring (bicyclic) bond motifs is 2. The SMILES string of the molecule is CCCCn1c(=O)nc2n(-c3cccc(F)c3)c3ccccc3cc-2c1=O. The van der Waals surface area contributed by atoms with Crippen LogP contribution in [0, 0.1) is 5.82 Å². The first-order chi connectivity index (χ1) is 13.1. The van der Waals surface area contributed by atoms with Crippen LogP contribution in [0.25, 0.3) is 28.0 Å². The Morgan fingerprint density at radius 1 is 1.04 bits per heavy atom. The highest BCUT2D eigenvalue weighted by molar-refractivity contribution is 5.87. The Kier molecular flexibility index (Phi) is 4.32. The van der Waals surface area contributed by atoms with Crippen LogP contribution >= 0.6 is 0 Å². The van der Waals surface area contributed by atoms with E-state index in [0.717, 1.165) is 23.7 Å². The van der Waals surface area contributed by atoms with Crippen LogP contribution in [0.2, 0.25) is 0 Å². The standard InChI is InChI=1S/C21H18FN3O2/c1-2-3-11-24-20(26)17-12-14-7-4-5-10-18(14)25(19(17)23-21(24)27)16-9-6-8-15(22)13-16/h4-10,12-13H,2-3,11H2,1H3. The lowest BCUT2D eigenvalue weighted by Gasteiger charge is -2.18. The van der Waals surface area contributed by atoms with E-state index in [1.165, 1.54) is 16.7 Å². The first-order valence-corrected chi connectivity index (χ1v) is 8.91. The Labute approximate surface area is 154 Å². The number of pyridine rings is 1. The van der Waals surface area contributed by atoms with E-state index in [1.54, 1.807) is 22.8 Å². The number of halogens is 1. The maximum Gasteiger partial charge on any atom is 0.352 e. The average Bonchev–Trinajstić information content (AvgIpc) is 2.66. The third-order valence-electron chi connectivity index (χ3n) is 4.64. The van der Waals surface area contributed by atoms with E-state index in [9.17, 15) is 14.0 Å². The third-order valence-corrected chi connectivity index (χ3v) is 4.64. The summed E-state index contributed by atoms with van der Waals surface area (Å²) in [5.41, 5.74) is 0.645. The molecule has 0 unspecified atom stereocenters. The zero-order valence-electron chi connectivity index (χ0n) is 14.9. The van der Waals surface area contributed by atoms with Crippen molar-refractivity contribution in [3.05, 3.63) is 81.3 Å². The largest absolute Gasteiger partial charge is 0.352 e. The first kappa shape index (κ1) is 17.1. The minimum Gasteiger partial charge on any atom is -0.294 e. The molecule has 5 nitrogen and oxygen atoms in total. The van der Waals surface area contributed by atoms with Gasteiger partial charge in [0.15, 0.2) is 5.82 Å². The van der Waals surface area contributed by atoms with Gasteiger partial charge in [-0.15, -0.1) is 0 Å². The smallest absolute Gasteiger partial charge is 0.294 e. The number of hydrogen-bond acceptors (Lipinski definition) is 3. The molecule has 2 aromatic carbocycles. The summed E-state index contributed by atoms with van der Waals surface area (Å²) in [6.07, 6.45) is 1.59. The minimum atomic E-state index is -0.582. The molecule has 6 heteroatoms. The normalized spacial score (nSPS) is 11.3. The summed E-state index contributed by atoms with van der Waals surface area (Å²) in [7, 11) is 0. The van der Waals surface area contributed by atoms with Gasteiger partial charge in [0.2, 0.25) is 0 Å². The Bertz CT molecular complexity index is 1230. The summed E-state index contributed by atoms with van der Waals surface area (Å²) >= 11 is 0. The van der Waals surface area contributed by atoms with E-state index < -0.39 is 11.5 Å². The molecule has 27 heavy (non-hydrogen) atoms. The average molecular weight is 363 g/mol. The van der Waals surface area contributed by atoms with Crippen molar-refractivity contribution in [2.24, 2.45) is 0 Å². The summed E-state index contributed by atoms with van der Waals surface area (Å²) in [5.74, 6) is -0.165. The highest BCUT2D eigenvalue weighted by atomic mass is 19.1. The molecule has 0 saturated carbocycles. The molecule has 0 amide bonds. The summed E-state index contributed by atoms with van der Waals surface area (Å²) in [4.78, 5) is 29.7. The van der Waals surface area contributed by atoms with Gasteiger partial charge in [-0.25, -0.2) is 9.18 Å². The van der Waals surface area contributed by atoms with Crippen LogP contribution in [-0.4, -0.2) is 14.1 Å². The first-order valence-electron chi connectivity index (χ1n) is 8.91. The van der Waals surface area contributed by atoms with Gasteiger partial charge in [0.1, 0.15) is 5.82 Å². The van der Waals surface area contributed by atoms with Crippen LogP contribution in [0.4, 0.5) is 4.39 Å². The fourth-order valence-corrected chi connectivity index (χ4v) is 3.31. The van der Waals surface area contributed by atoms with Crippen molar-refractivity contribution >= 4 is 10.9 Å². The molecule has 2 aromatic rings. The lowest BCUT2D eigenvalue weighted by atomic mass is 10.1. The number of aromatic nitrogens is 3. The summed E-state index contributed by atoms with van der Waals surface area (Å²) in [6, 6.07) is 15.2. The molecule has 2 aliphatic rings. The minimum absolute atomic E-state index is 0.238. The highest BCUT2D eigenvalue weighted by Crippen LogP contribution is 2.27. The molecule has 2 aliphatic heterocycles. The van der Waals surface area contributed by atoms with E-state index in [2.05, 4.69) is 4.98 Å². The number of para-hydroxylation sites is 1. The van der Waals surface area contributed by atoms with Gasteiger partial charge in [-0.2, -0.15) is 4.98 Å². The highest BCUT2D eigenvalue weighted by Gasteiger charge is 2.20. The lowest BCUT2D eigenvalue weighted by Crippen LogP contribution is -2.38. The maximum absolute atomic E-state index is 13.9. The van der Waals surface area contributed by atoms with Gasteiger partial charge in [-0.1, -0.05) is 37.6 Å². The molecular weight excluding hydrogens is 345 g/mol. The molecule has 0 aromatic heterocycles. The van der Waals surface area contributed by atoms with Gasteiger partial charge in [0.05, 0.1) is 16.8 Å². The lowest BCUT2D eigenvalue weighted by molar-refractivity contribution is 0.582. The topological polar surface area (TPSA) is 56.9 Å². The molecule has 0 radical (unpaired) electrons. The second kappa shape index (κ2) is 6.79. The maximum atomic E-state index is 13.9. The molecular formula is C21H18FN3O2. The van der Waals surface area contributed by atoms with Crippen LogP contribution in [0.15, 0.2) is 64.2 Å². The van der Waals surface area contributed by atoms with E-state index in [-0.39, 0.29) is 11.4 Å². The van der Waals surface area contributed by atoms with Gasteiger partial charge >= 0.3 is 5.69 Å². The number of rotatable bonds is 4. The fourth-order valence-electron chi connectivity index (χ4n) is 3.31. The molecule has 0 N–H and O–H groups in total. The zero-order valence-corrected chi connectivity index (χ0v) is 14.9. The van der Waals surface area contributed by atoms with Crippen LogP contribution in [-0.2, 0) is 6.54 Å².